The number of pyridine rings is 1. The summed E-state index contributed by atoms with van der Waals surface area (Å²) in [5.41, 5.74) is 3.81. The topological polar surface area (TPSA) is 90.0 Å². The van der Waals surface area contributed by atoms with Gasteiger partial charge in [0.1, 0.15) is 12.1 Å². The van der Waals surface area contributed by atoms with E-state index in [1.807, 2.05) is 73.7 Å². The molecule has 8 heteroatoms. The molecule has 0 radical (unpaired) electrons. The number of benzene rings is 3. The fourth-order valence-corrected chi connectivity index (χ4v) is 4.32. The zero-order valence-corrected chi connectivity index (χ0v) is 21.0. The third kappa shape index (κ3) is 5.78. The van der Waals surface area contributed by atoms with Crippen molar-refractivity contribution >= 4 is 28.4 Å². The van der Waals surface area contributed by atoms with Gasteiger partial charge in [-0.3, -0.25) is 9.59 Å². The number of nitrogens with one attached hydrogen (secondary N) is 1. The summed E-state index contributed by atoms with van der Waals surface area (Å²) in [5, 5.41) is 12.4. The van der Waals surface area contributed by atoms with Crippen molar-refractivity contribution in [1.29, 1.82) is 0 Å². The second-order valence-electron chi connectivity index (χ2n) is 8.91. The smallest absolute Gasteiger partial charge is 0.253 e. The van der Waals surface area contributed by atoms with Crippen LogP contribution in [0.2, 0.25) is 5.02 Å². The van der Waals surface area contributed by atoms with Crippen LogP contribution in [0, 0.1) is 6.92 Å². The van der Waals surface area contributed by atoms with Crippen LogP contribution >= 0.6 is 11.6 Å². The number of amides is 1. The number of aromatic nitrogens is 3. The molecule has 0 spiro atoms. The molecule has 0 aliphatic heterocycles. The van der Waals surface area contributed by atoms with E-state index in [0.29, 0.717) is 41.2 Å². The highest BCUT2D eigenvalue weighted by Gasteiger charge is 2.18. The van der Waals surface area contributed by atoms with Crippen LogP contribution in [-0.2, 0) is 24.2 Å². The zero-order valence-electron chi connectivity index (χ0n) is 20.3. The van der Waals surface area contributed by atoms with Gasteiger partial charge in [0.15, 0.2) is 0 Å². The monoisotopic (exact) mass is 512 g/mol. The molecule has 0 fully saturated rings. The molecular formula is C29H25ClN4O3. The molecule has 37 heavy (non-hydrogen) atoms. The Morgan fingerprint density at radius 3 is 2.57 bits per heavy atom. The zero-order chi connectivity index (χ0) is 25.8. The average molecular weight is 513 g/mol. The van der Waals surface area contributed by atoms with Gasteiger partial charge in [0.25, 0.3) is 5.89 Å². The van der Waals surface area contributed by atoms with Gasteiger partial charge >= 0.3 is 0 Å². The molecule has 3 aromatic carbocycles. The predicted molar refractivity (Wildman–Crippen MR) is 144 cm³/mol. The van der Waals surface area contributed by atoms with Gasteiger partial charge in [-0.05, 0) is 54.3 Å². The normalized spacial score (nSPS) is 11.1. The van der Waals surface area contributed by atoms with Crippen LogP contribution in [-0.4, -0.2) is 27.2 Å². The molecule has 2 heterocycles. The summed E-state index contributed by atoms with van der Waals surface area (Å²) in [6.45, 7) is 2.47. The second-order valence-corrected chi connectivity index (χ2v) is 9.35. The minimum Gasteiger partial charge on any atom is -0.420 e. The van der Waals surface area contributed by atoms with Crippen molar-refractivity contribution in [2.45, 2.75) is 26.3 Å². The van der Waals surface area contributed by atoms with E-state index < -0.39 is 0 Å². The van der Waals surface area contributed by atoms with Crippen molar-refractivity contribution in [1.82, 2.24) is 20.1 Å². The van der Waals surface area contributed by atoms with E-state index in [2.05, 4.69) is 15.5 Å². The first-order valence-electron chi connectivity index (χ1n) is 12.0. The number of halogens is 1. The number of aryl methyl sites for hydroxylation is 1. The van der Waals surface area contributed by atoms with E-state index in [-0.39, 0.29) is 29.3 Å². The maximum Gasteiger partial charge on any atom is 0.253 e. The molecule has 0 saturated carbocycles. The van der Waals surface area contributed by atoms with E-state index >= 15 is 0 Å². The van der Waals surface area contributed by atoms with Crippen molar-refractivity contribution in [2.24, 2.45) is 0 Å². The van der Waals surface area contributed by atoms with E-state index in [4.69, 9.17) is 16.0 Å². The van der Waals surface area contributed by atoms with E-state index in [0.717, 1.165) is 16.7 Å². The molecule has 0 aliphatic carbocycles. The van der Waals surface area contributed by atoms with Crippen molar-refractivity contribution < 1.29 is 9.21 Å². The van der Waals surface area contributed by atoms with Crippen molar-refractivity contribution in [3.63, 3.8) is 0 Å². The molecule has 0 bridgehead atoms. The highest BCUT2D eigenvalue weighted by atomic mass is 35.5. The van der Waals surface area contributed by atoms with Gasteiger partial charge in [-0.1, -0.05) is 60.1 Å². The van der Waals surface area contributed by atoms with E-state index in [1.54, 1.807) is 16.8 Å². The van der Waals surface area contributed by atoms with E-state index in [9.17, 15) is 9.59 Å². The van der Waals surface area contributed by atoms with Crippen LogP contribution in [0.1, 0.15) is 22.6 Å². The number of hydrogen-bond acceptors (Lipinski definition) is 5. The average Bonchev–Trinajstić information content (AvgIpc) is 3.35. The van der Waals surface area contributed by atoms with Gasteiger partial charge in [-0.25, -0.2) is 0 Å². The highest BCUT2D eigenvalue weighted by molar-refractivity contribution is 6.30. The van der Waals surface area contributed by atoms with Gasteiger partial charge in [-0.15, -0.1) is 10.2 Å². The lowest BCUT2D eigenvalue weighted by Crippen LogP contribution is -2.30. The Kier molecular flexibility index (Phi) is 7.14. The van der Waals surface area contributed by atoms with Crippen LogP contribution in [0.4, 0.5) is 0 Å². The highest BCUT2D eigenvalue weighted by Crippen LogP contribution is 2.21. The molecule has 0 atom stereocenters. The van der Waals surface area contributed by atoms with Gasteiger partial charge in [0, 0.05) is 23.2 Å². The van der Waals surface area contributed by atoms with Gasteiger partial charge in [-0.2, -0.15) is 0 Å². The van der Waals surface area contributed by atoms with Crippen LogP contribution in [0.5, 0.6) is 0 Å². The minimum atomic E-state index is -0.218. The largest absolute Gasteiger partial charge is 0.420 e. The Labute approximate surface area is 218 Å². The van der Waals surface area contributed by atoms with Crippen molar-refractivity contribution in [2.75, 3.05) is 6.54 Å². The molecule has 0 saturated heterocycles. The molecule has 186 valence electrons. The molecule has 0 aliphatic rings. The number of carbonyl (C=O) groups excluding carboxylic acids is 1. The summed E-state index contributed by atoms with van der Waals surface area (Å²) in [5.74, 6) is 0.382. The quantitative estimate of drug-likeness (QED) is 0.317. The Hall–Kier alpha value is -4.23. The Morgan fingerprint density at radius 2 is 1.78 bits per heavy atom. The number of rotatable bonds is 8. The third-order valence-electron chi connectivity index (χ3n) is 6.10. The minimum absolute atomic E-state index is 0.0405. The Balaban J connectivity index is 1.39. The predicted octanol–water partition coefficient (Wildman–Crippen LogP) is 4.96. The molecule has 1 N–H and O–H groups in total. The lowest BCUT2D eigenvalue weighted by Gasteiger charge is -2.13. The molecule has 5 aromatic rings. The third-order valence-corrected chi connectivity index (χ3v) is 6.35. The molecule has 7 nitrogen and oxygen atoms in total. The number of fused-ring (bicyclic) bond motifs is 1. The van der Waals surface area contributed by atoms with Gasteiger partial charge in [0.2, 0.25) is 17.2 Å². The first-order valence-corrected chi connectivity index (χ1v) is 12.4. The first-order chi connectivity index (χ1) is 18.0. The molecule has 5 rings (SSSR count). The standard InChI is InChI=1S/C29H25ClN4O3/c1-19-7-12-23-25(15-19)34(18-26(35)31-14-13-20-8-10-22(30)11-9-20)17-24(28(23)36)29-33-32-27(37-29)16-21-5-3-2-4-6-21/h2-12,15,17H,13-14,16,18H2,1H3,(H,31,35). The summed E-state index contributed by atoms with van der Waals surface area (Å²) in [6.07, 6.45) is 2.78. The Morgan fingerprint density at radius 1 is 1.00 bits per heavy atom. The SMILES string of the molecule is Cc1ccc2c(=O)c(-c3nnc(Cc4ccccc4)o3)cn(CC(=O)NCCc3ccc(Cl)cc3)c2c1. The van der Waals surface area contributed by atoms with E-state index in [1.165, 1.54) is 0 Å². The van der Waals surface area contributed by atoms with Crippen LogP contribution < -0.4 is 10.7 Å². The van der Waals surface area contributed by atoms with Gasteiger partial charge in [0.05, 0.1) is 11.9 Å². The fourth-order valence-electron chi connectivity index (χ4n) is 4.20. The van der Waals surface area contributed by atoms with Crippen LogP contribution in [0.3, 0.4) is 0 Å². The van der Waals surface area contributed by atoms with Crippen molar-refractivity contribution in [3.8, 4) is 11.5 Å². The lowest BCUT2D eigenvalue weighted by molar-refractivity contribution is -0.121. The fraction of sp³-hybridized carbons (Fsp3) is 0.172. The molecule has 0 unspecified atom stereocenters. The summed E-state index contributed by atoms with van der Waals surface area (Å²) >= 11 is 5.94. The van der Waals surface area contributed by atoms with Crippen LogP contribution in [0.15, 0.2) is 88.2 Å². The second kappa shape index (κ2) is 10.8. The van der Waals surface area contributed by atoms with Crippen molar-refractivity contribution in [3.05, 3.63) is 117 Å². The molecule has 1 amide bonds. The molecule has 2 aromatic heterocycles. The molecular weight excluding hydrogens is 488 g/mol. The van der Waals surface area contributed by atoms with Crippen LogP contribution in [0.25, 0.3) is 22.4 Å². The summed E-state index contributed by atoms with van der Waals surface area (Å²) in [4.78, 5) is 26.2. The summed E-state index contributed by atoms with van der Waals surface area (Å²) in [7, 11) is 0. The maximum absolute atomic E-state index is 13.3. The van der Waals surface area contributed by atoms with Gasteiger partial charge < -0.3 is 14.3 Å². The number of carbonyl (C=O) groups is 1. The Bertz CT molecular complexity index is 1610. The first kappa shape index (κ1) is 24.5. The lowest BCUT2D eigenvalue weighted by atomic mass is 10.1. The summed E-state index contributed by atoms with van der Waals surface area (Å²) < 4.78 is 7.63. The number of nitrogens with zero attached hydrogens (tertiary/aromatic N) is 3. The number of hydrogen-bond donors (Lipinski definition) is 1. The summed E-state index contributed by atoms with van der Waals surface area (Å²) in [6, 6.07) is 22.9. The maximum atomic E-state index is 13.3.